The van der Waals surface area contributed by atoms with E-state index in [0.29, 0.717) is 0 Å². The second-order valence-corrected chi connectivity index (χ2v) is 16.7. The van der Waals surface area contributed by atoms with Crippen LogP contribution in [0.15, 0.2) is 205 Å². The maximum atomic E-state index is 6.98. The van der Waals surface area contributed by atoms with Crippen molar-refractivity contribution in [2.24, 2.45) is 0 Å². The molecule has 0 amide bonds. The van der Waals surface area contributed by atoms with E-state index in [0.717, 1.165) is 44.0 Å². The van der Waals surface area contributed by atoms with E-state index in [9.17, 15) is 0 Å². The van der Waals surface area contributed by atoms with Gasteiger partial charge >= 0.3 is 0 Å². The highest BCUT2D eigenvalue weighted by Crippen LogP contribution is 2.44. The van der Waals surface area contributed by atoms with Crippen LogP contribution < -0.4 is 0 Å². The molecule has 0 atom stereocenters. The first-order valence-electron chi connectivity index (χ1n) is 20.2. The number of para-hydroxylation sites is 2. The fourth-order valence-corrected chi connectivity index (χ4v) is 10.8. The zero-order valence-electron chi connectivity index (χ0n) is 31.8. The molecule has 274 valence electrons. The van der Waals surface area contributed by atoms with Crippen LogP contribution in [0.2, 0.25) is 0 Å². The van der Waals surface area contributed by atoms with Gasteiger partial charge in [0.25, 0.3) is 0 Å². The minimum absolute atomic E-state index is 0.919. The summed E-state index contributed by atoms with van der Waals surface area (Å²) < 4.78 is 12.0. The zero-order chi connectivity index (χ0) is 38.6. The molecular weight excluding hydrogens is 735 g/mol. The lowest BCUT2D eigenvalue weighted by Gasteiger charge is -2.10. The van der Waals surface area contributed by atoms with Gasteiger partial charge < -0.3 is 8.98 Å². The summed E-state index contributed by atoms with van der Waals surface area (Å²) in [6.07, 6.45) is 0. The summed E-state index contributed by atoms with van der Waals surface area (Å²) in [6.45, 7) is 0. The van der Waals surface area contributed by atoms with Crippen LogP contribution in [0, 0.1) is 0 Å². The largest absolute Gasteiger partial charge is 0.455 e. The van der Waals surface area contributed by atoms with E-state index in [-0.39, 0.29) is 0 Å². The van der Waals surface area contributed by atoms with E-state index in [1.165, 1.54) is 80.6 Å². The van der Waals surface area contributed by atoms with E-state index < -0.39 is 0 Å². The van der Waals surface area contributed by atoms with Crippen molar-refractivity contribution in [1.29, 1.82) is 0 Å². The predicted molar refractivity (Wildman–Crippen MR) is 252 cm³/mol. The topological polar surface area (TPSA) is 18.1 Å². The Morgan fingerprint density at radius 1 is 0.339 bits per heavy atom. The molecule has 59 heavy (non-hydrogen) atoms. The SMILES string of the molecule is c1ccc(-c2cccc3c2sc2ccc(-c4ccc5c(c4)c4ccccc4n5-c4ccc5ccc6c7cccc(-c8cccc9ccccc89)c7oc6c5c4)cc23)cc1. The Balaban J connectivity index is 0.967. The van der Waals surface area contributed by atoms with Crippen LogP contribution in [-0.4, -0.2) is 4.57 Å². The molecule has 3 heteroatoms. The summed E-state index contributed by atoms with van der Waals surface area (Å²) in [5.74, 6) is 0. The smallest absolute Gasteiger partial charge is 0.143 e. The Morgan fingerprint density at radius 3 is 1.90 bits per heavy atom. The van der Waals surface area contributed by atoms with Gasteiger partial charge in [0.2, 0.25) is 0 Å². The lowest BCUT2D eigenvalue weighted by Crippen LogP contribution is -1.94. The number of furan rings is 1. The van der Waals surface area contributed by atoms with E-state index in [1.807, 2.05) is 11.3 Å². The highest BCUT2D eigenvalue weighted by Gasteiger charge is 2.19. The molecule has 0 N–H and O–H groups in total. The number of rotatable bonds is 4. The Kier molecular flexibility index (Phi) is 6.92. The average Bonchev–Trinajstić information content (AvgIpc) is 3.98. The van der Waals surface area contributed by atoms with Crippen LogP contribution in [0.4, 0.5) is 0 Å². The van der Waals surface area contributed by atoms with Gasteiger partial charge in [-0.25, -0.2) is 0 Å². The minimum atomic E-state index is 0.919. The maximum absolute atomic E-state index is 6.98. The summed E-state index contributed by atoms with van der Waals surface area (Å²) in [5, 5.41) is 12.1. The molecule has 10 aromatic carbocycles. The summed E-state index contributed by atoms with van der Waals surface area (Å²) in [4.78, 5) is 0. The molecule has 0 aliphatic rings. The van der Waals surface area contributed by atoms with Crippen LogP contribution >= 0.6 is 11.3 Å². The van der Waals surface area contributed by atoms with Gasteiger partial charge in [0.05, 0.1) is 11.0 Å². The monoisotopic (exact) mass is 767 g/mol. The molecule has 2 nitrogen and oxygen atoms in total. The van der Waals surface area contributed by atoms with Crippen molar-refractivity contribution >= 4 is 96.8 Å². The fourth-order valence-electron chi connectivity index (χ4n) is 9.63. The molecule has 0 bridgehead atoms. The van der Waals surface area contributed by atoms with Gasteiger partial charge in [-0.2, -0.15) is 0 Å². The zero-order valence-corrected chi connectivity index (χ0v) is 32.6. The Labute approximate surface area is 343 Å². The molecular formula is C56H33NOS. The lowest BCUT2D eigenvalue weighted by molar-refractivity contribution is 0.674. The quantitative estimate of drug-likeness (QED) is 0.174. The summed E-state index contributed by atoms with van der Waals surface area (Å²) in [5.41, 5.74) is 12.6. The molecule has 0 saturated heterocycles. The van der Waals surface area contributed by atoms with Crippen molar-refractivity contribution in [2.45, 2.75) is 0 Å². The fraction of sp³-hybridized carbons (Fsp3) is 0. The van der Waals surface area contributed by atoms with Gasteiger partial charge in [-0.1, -0.05) is 152 Å². The number of benzene rings is 10. The van der Waals surface area contributed by atoms with Gasteiger partial charge in [0.15, 0.2) is 0 Å². The molecule has 0 saturated carbocycles. The van der Waals surface area contributed by atoms with Gasteiger partial charge in [-0.05, 0) is 92.5 Å². The summed E-state index contributed by atoms with van der Waals surface area (Å²) in [6, 6.07) is 73.1. The number of aromatic nitrogens is 1. The van der Waals surface area contributed by atoms with Crippen molar-refractivity contribution in [2.75, 3.05) is 0 Å². The van der Waals surface area contributed by atoms with E-state index in [4.69, 9.17) is 4.42 Å². The third-order valence-corrected chi connectivity index (χ3v) is 13.6. The van der Waals surface area contributed by atoms with Gasteiger partial charge in [-0.15, -0.1) is 11.3 Å². The van der Waals surface area contributed by atoms with Crippen molar-refractivity contribution in [3.8, 4) is 39.1 Å². The second kappa shape index (κ2) is 12.5. The maximum Gasteiger partial charge on any atom is 0.143 e. The lowest BCUT2D eigenvalue weighted by atomic mass is 9.96. The van der Waals surface area contributed by atoms with Gasteiger partial charge in [0, 0.05) is 58.4 Å². The third kappa shape index (κ3) is 4.86. The minimum Gasteiger partial charge on any atom is -0.455 e. The summed E-state index contributed by atoms with van der Waals surface area (Å²) >= 11 is 1.88. The highest BCUT2D eigenvalue weighted by molar-refractivity contribution is 7.26. The van der Waals surface area contributed by atoms with Crippen LogP contribution in [0.3, 0.4) is 0 Å². The summed E-state index contributed by atoms with van der Waals surface area (Å²) in [7, 11) is 0. The number of fused-ring (bicyclic) bond motifs is 12. The molecule has 0 unspecified atom stereocenters. The first-order valence-corrected chi connectivity index (χ1v) is 21.0. The van der Waals surface area contributed by atoms with Gasteiger partial charge in [0.1, 0.15) is 11.2 Å². The normalized spacial score (nSPS) is 12.1. The average molecular weight is 768 g/mol. The standard InChI is InChI=1S/C56H33NOS/c1-2-11-35(12-3-1)41-17-9-21-47-50-32-38(26-30-53(50)59-56(41)47)37-25-29-52-49(31-37)43-16-6-7-22-51(43)57(52)39-27-23-36-24-28-46-45-20-10-19-44(54(45)58-55(46)48(36)33-39)42-18-8-14-34-13-4-5-15-40(34)42/h1-33H. The predicted octanol–water partition coefficient (Wildman–Crippen LogP) is 16.4. The van der Waals surface area contributed by atoms with Crippen LogP contribution in [-0.2, 0) is 0 Å². The van der Waals surface area contributed by atoms with Gasteiger partial charge in [-0.3, -0.25) is 0 Å². The molecule has 0 aliphatic heterocycles. The molecule has 3 aromatic heterocycles. The molecule has 13 aromatic rings. The molecule has 0 aliphatic carbocycles. The molecule has 0 radical (unpaired) electrons. The van der Waals surface area contributed by atoms with E-state index in [2.05, 4.69) is 205 Å². The van der Waals surface area contributed by atoms with E-state index in [1.54, 1.807) is 0 Å². The first-order chi connectivity index (χ1) is 29.2. The van der Waals surface area contributed by atoms with Crippen LogP contribution in [0.5, 0.6) is 0 Å². The van der Waals surface area contributed by atoms with Crippen molar-refractivity contribution in [1.82, 2.24) is 4.57 Å². The van der Waals surface area contributed by atoms with E-state index >= 15 is 0 Å². The van der Waals surface area contributed by atoms with Crippen molar-refractivity contribution < 1.29 is 4.42 Å². The second-order valence-electron chi connectivity index (χ2n) is 15.6. The first kappa shape index (κ1) is 32.6. The molecule has 13 rings (SSSR count). The molecule has 0 spiro atoms. The molecule has 3 heterocycles. The number of thiophene rings is 1. The Morgan fingerprint density at radius 2 is 0.983 bits per heavy atom. The number of hydrogen-bond donors (Lipinski definition) is 0. The van der Waals surface area contributed by atoms with Crippen LogP contribution in [0.25, 0.3) is 125 Å². The van der Waals surface area contributed by atoms with Crippen molar-refractivity contribution in [3.63, 3.8) is 0 Å². The number of hydrogen-bond acceptors (Lipinski definition) is 2. The third-order valence-electron chi connectivity index (χ3n) is 12.4. The Hall–Kier alpha value is -7.46. The number of nitrogens with zero attached hydrogens (tertiary/aromatic N) is 1. The van der Waals surface area contributed by atoms with Crippen molar-refractivity contribution in [3.05, 3.63) is 200 Å². The molecule has 0 fully saturated rings. The highest BCUT2D eigenvalue weighted by atomic mass is 32.1. The van der Waals surface area contributed by atoms with Crippen LogP contribution in [0.1, 0.15) is 0 Å². The Bertz CT molecular complexity index is 3840.